The molecule has 1 fully saturated rings. The largest absolute Gasteiger partial charge is 0.489 e. The van der Waals surface area contributed by atoms with Gasteiger partial charge < -0.3 is 24.5 Å². The number of rotatable bonds is 3. The van der Waals surface area contributed by atoms with Crippen LogP contribution in [0.2, 0.25) is 5.02 Å². The summed E-state index contributed by atoms with van der Waals surface area (Å²) in [6.07, 6.45) is 1.41. The van der Waals surface area contributed by atoms with Crippen LogP contribution in [0.25, 0.3) is 22.3 Å². The third-order valence-electron chi connectivity index (χ3n) is 5.32. The molecule has 5 rings (SSSR count). The minimum Gasteiger partial charge on any atom is -0.489 e. The average molecular weight is 420 g/mol. The second-order valence-corrected chi connectivity index (χ2v) is 7.57. The van der Waals surface area contributed by atoms with Gasteiger partial charge in [-0.3, -0.25) is 0 Å². The van der Waals surface area contributed by atoms with Gasteiger partial charge in [0.1, 0.15) is 23.5 Å². The maximum atomic E-state index is 14.8. The molecule has 2 unspecified atom stereocenters. The first-order valence-electron chi connectivity index (χ1n) is 9.40. The predicted molar refractivity (Wildman–Crippen MR) is 105 cm³/mol. The lowest BCUT2D eigenvalue weighted by molar-refractivity contribution is -0.0136. The second-order valence-electron chi connectivity index (χ2n) is 7.16. The Labute approximate surface area is 170 Å². The molecule has 2 atom stereocenters. The molecule has 10 heteroatoms. The van der Waals surface area contributed by atoms with Gasteiger partial charge in [-0.2, -0.15) is 0 Å². The summed E-state index contributed by atoms with van der Waals surface area (Å²) in [5.41, 5.74) is 1.68. The normalized spacial score (nSPS) is 21.2. The van der Waals surface area contributed by atoms with Crippen LogP contribution < -0.4 is 10.1 Å². The summed E-state index contributed by atoms with van der Waals surface area (Å²) in [6, 6.07) is 1.11. The topological polar surface area (TPSA) is 94.3 Å². The van der Waals surface area contributed by atoms with Crippen LogP contribution >= 0.6 is 11.6 Å². The predicted octanol–water partition coefficient (Wildman–Crippen LogP) is 2.55. The molecule has 0 amide bonds. The van der Waals surface area contributed by atoms with Gasteiger partial charge in [0.25, 0.3) is 0 Å². The number of nitrogens with zero attached hydrogens (tertiary/aromatic N) is 4. The molecule has 2 aromatic heterocycles. The molecule has 1 aromatic carbocycles. The number of aromatic nitrogens is 4. The van der Waals surface area contributed by atoms with Crippen molar-refractivity contribution in [2.24, 2.45) is 0 Å². The summed E-state index contributed by atoms with van der Waals surface area (Å²) in [6.45, 7) is 3.68. The van der Waals surface area contributed by atoms with Crippen LogP contribution in [0.4, 0.5) is 10.3 Å². The molecule has 4 heterocycles. The van der Waals surface area contributed by atoms with Gasteiger partial charge in [-0.25, -0.2) is 19.3 Å². The van der Waals surface area contributed by atoms with E-state index in [9.17, 15) is 9.50 Å². The summed E-state index contributed by atoms with van der Waals surface area (Å²) in [7, 11) is 0. The number of halogens is 2. The number of aliphatic hydroxyl groups excluding tert-OH is 1. The maximum absolute atomic E-state index is 14.8. The summed E-state index contributed by atoms with van der Waals surface area (Å²) < 4.78 is 27.9. The number of hydrogen-bond acceptors (Lipinski definition) is 7. The number of benzene rings is 1. The highest BCUT2D eigenvalue weighted by Gasteiger charge is 2.27. The molecule has 1 saturated heterocycles. The van der Waals surface area contributed by atoms with E-state index in [1.165, 1.54) is 12.3 Å². The molecule has 2 aliphatic rings. The fraction of sp³-hybridized carbons (Fsp3) is 0.421. The van der Waals surface area contributed by atoms with Crippen LogP contribution in [-0.2, 0) is 11.3 Å². The Morgan fingerprint density at radius 2 is 2.21 bits per heavy atom. The highest BCUT2D eigenvalue weighted by molar-refractivity contribution is 6.33. The molecule has 2 aliphatic heterocycles. The molecule has 2 N–H and O–H groups in total. The SMILES string of the molecule is Cc1nc2c(F)cc(-c3nc(NC4CCOCC4O)ncc3Cl)c3c2n1CCO3. The molecule has 0 bridgehead atoms. The molecular formula is C19H19ClFN5O3. The van der Waals surface area contributed by atoms with Gasteiger partial charge in [0, 0.05) is 12.2 Å². The first-order chi connectivity index (χ1) is 14.0. The van der Waals surface area contributed by atoms with E-state index in [4.69, 9.17) is 21.1 Å². The molecule has 8 nitrogen and oxygen atoms in total. The lowest BCUT2D eigenvalue weighted by Crippen LogP contribution is -2.42. The van der Waals surface area contributed by atoms with Crippen LogP contribution in [-0.4, -0.2) is 56.6 Å². The molecule has 0 saturated carbocycles. The van der Waals surface area contributed by atoms with Gasteiger partial charge in [-0.05, 0) is 19.4 Å². The van der Waals surface area contributed by atoms with Gasteiger partial charge >= 0.3 is 0 Å². The van der Waals surface area contributed by atoms with Crippen molar-refractivity contribution in [3.05, 3.63) is 28.9 Å². The van der Waals surface area contributed by atoms with Crippen molar-refractivity contribution >= 4 is 28.6 Å². The number of hydrogen-bond donors (Lipinski definition) is 2. The van der Waals surface area contributed by atoms with E-state index in [1.54, 1.807) is 0 Å². The summed E-state index contributed by atoms with van der Waals surface area (Å²) in [5, 5.41) is 13.5. The highest BCUT2D eigenvalue weighted by Crippen LogP contribution is 2.42. The number of aryl methyl sites for hydroxylation is 1. The van der Waals surface area contributed by atoms with E-state index in [-0.39, 0.29) is 23.2 Å². The van der Waals surface area contributed by atoms with Crippen molar-refractivity contribution in [3.63, 3.8) is 0 Å². The lowest BCUT2D eigenvalue weighted by atomic mass is 10.1. The van der Waals surface area contributed by atoms with E-state index >= 15 is 0 Å². The van der Waals surface area contributed by atoms with Crippen molar-refractivity contribution in [1.82, 2.24) is 19.5 Å². The average Bonchev–Trinajstić information content (AvgIpc) is 3.06. The Hall–Kier alpha value is -2.49. The zero-order valence-electron chi connectivity index (χ0n) is 15.7. The molecule has 152 valence electrons. The van der Waals surface area contributed by atoms with Crippen molar-refractivity contribution in [2.45, 2.75) is 32.0 Å². The number of anilines is 1. The van der Waals surface area contributed by atoms with Crippen LogP contribution in [0.5, 0.6) is 5.75 Å². The Morgan fingerprint density at radius 1 is 1.34 bits per heavy atom. The zero-order chi connectivity index (χ0) is 20.1. The third-order valence-corrected chi connectivity index (χ3v) is 5.59. The van der Waals surface area contributed by atoms with Gasteiger partial charge in [0.05, 0.1) is 42.2 Å². The van der Waals surface area contributed by atoms with Crippen molar-refractivity contribution in [1.29, 1.82) is 0 Å². The number of ether oxygens (including phenoxy) is 2. The molecule has 0 aliphatic carbocycles. The van der Waals surface area contributed by atoms with Gasteiger partial charge in [0.15, 0.2) is 11.6 Å². The van der Waals surface area contributed by atoms with Gasteiger partial charge in [-0.15, -0.1) is 0 Å². The van der Waals surface area contributed by atoms with Crippen LogP contribution in [0.15, 0.2) is 12.3 Å². The van der Waals surface area contributed by atoms with Gasteiger partial charge in [-0.1, -0.05) is 11.6 Å². The first-order valence-corrected chi connectivity index (χ1v) is 9.78. The minimum atomic E-state index is -0.665. The van der Waals surface area contributed by atoms with Crippen LogP contribution in [0.1, 0.15) is 12.2 Å². The quantitative estimate of drug-likeness (QED) is 0.673. The standard InChI is InChI=1S/C19H19ClFN5O3/c1-9-23-16-12(21)6-10(18-17(16)26(9)3-5-29-18)15-11(20)7-22-19(25-15)24-13-2-4-28-8-14(13)27/h6-7,13-14,27H,2-5,8H2,1H3,(H,22,24,25). The molecule has 0 radical (unpaired) electrons. The van der Waals surface area contributed by atoms with Crippen molar-refractivity contribution in [3.8, 4) is 17.0 Å². The summed E-state index contributed by atoms with van der Waals surface area (Å²) >= 11 is 6.38. The molecule has 3 aromatic rings. The molecule has 29 heavy (non-hydrogen) atoms. The maximum Gasteiger partial charge on any atom is 0.223 e. The van der Waals surface area contributed by atoms with Crippen molar-refractivity contribution < 1.29 is 19.0 Å². The Morgan fingerprint density at radius 3 is 3.03 bits per heavy atom. The van der Waals surface area contributed by atoms with E-state index in [0.717, 1.165) is 5.82 Å². The first kappa shape index (κ1) is 18.5. The minimum absolute atomic E-state index is 0.240. The zero-order valence-corrected chi connectivity index (χ0v) is 16.4. The number of aliphatic hydroxyl groups is 1. The van der Waals surface area contributed by atoms with E-state index < -0.39 is 11.9 Å². The smallest absolute Gasteiger partial charge is 0.223 e. The number of nitrogens with one attached hydrogen (secondary N) is 1. The van der Waals surface area contributed by atoms with Crippen LogP contribution in [0.3, 0.4) is 0 Å². The van der Waals surface area contributed by atoms with E-state index in [0.29, 0.717) is 54.7 Å². The Balaban J connectivity index is 1.61. The lowest BCUT2D eigenvalue weighted by Gasteiger charge is -2.28. The molecular weight excluding hydrogens is 401 g/mol. The van der Waals surface area contributed by atoms with Gasteiger partial charge in [0.2, 0.25) is 5.95 Å². The summed E-state index contributed by atoms with van der Waals surface area (Å²) in [4.78, 5) is 13.1. The van der Waals surface area contributed by atoms with Crippen molar-refractivity contribution in [2.75, 3.05) is 25.1 Å². The second kappa shape index (κ2) is 7.08. The summed E-state index contributed by atoms with van der Waals surface area (Å²) in [5.74, 6) is 1.06. The highest BCUT2D eigenvalue weighted by atomic mass is 35.5. The third kappa shape index (κ3) is 3.09. The fourth-order valence-corrected chi connectivity index (χ4v) is 4.06. The fourth-order valence-electron chi connectivity index (χ4n) is 3.87. The van der Waals surface area contributed by atoms with E-state index in [1.807, 2.05) is 11.5 Å². The van der Waals surface area contributed by atoms with E-state index in [2.05, 4.69) is 20.3 Å². The van der Waals surface area contributed by atoms with Crippen LogP contribution in [0, 0.1) is 12.7 Å². The molecule has 0 spiro atoms. The number of imidazole rings is 1. The monoisotopic (exact) mass is 419 g/mol. The Kier molecular flexibility index (Phi) is 4.53. The Bertz CT molecular complexity index is 1110.